The molecule has 8 heteroatoms. The predicted octanol–water partition coefficient (Wildman–Crippen LogP) is 0.170. The second-order valence-electron chi connectivity index (χ2n) is 4.30. The van der Waals surface area contributed by atoms with Gasteiger partial charge < -0.3 is 27.3 Å². The molecule has 0 unspecified atom stereocenters. The minimum absolute atomic E-state index is 0.235. The van der Waals surface area contributed by atoms with Crippen LogP contribution in [0.1, 0.15) is 11.1 Å². The van der Waals surface area contributed by atoms with Crippen LogP contribution in [0.25, 0.3) is 0 Å². The molecule has 0 aromatic heterocycles. The van der Waals surface area contributed by atoms with Crippen LogP contribution in [0.5, 0.6) is 0 Å². The molecule has 0 saturated carbocycles. The molecule has 0 fully saturated rings. The van der Waals surface area contributed by atoms with Gasteiger partial charge in [-0.25, -0.2) is 4.39 Å². The van der Waals surface area contributed by atoms with E-state index in [4.69, 9.17) is 21.9 Å². The molecule has 1 aromatic rings. The van der Waals surface area contributed by atoms with Gasteiger partial charge in [0.2, 0.25) is 0 Å². The molecule has 22 heavy (non-hydrogen) atoms. The molecule has 0 atom stereocenters. The number of nitrogens with two attached hydrogens (primary N) is 3. The van der Waals surface area contributed by atoms with E-state index in [1.165, 1.54) is 6.20 Å². The van der Waals surface area contributed by atoms with Gasteiger partial charge in [-0.2, -0.15) is 0 Å². The van der Waals surface area contributed by atoms with Crippen molar-refractivity contribution in [2.45, 2.75) is 6.61 Å². The van der Waals surface area contributed by atoms with Crippen molar-refractivity contribution in [3.8, 4) is 0 Å². The van der Waals surface area contributed by atoms with E-state index in [9.17, 15) is 4.39 Å². The van der Waals surface area contributed by atoms with Crippen LogP contribution in [0.15, 0.2) is 46.4 Å². The Morgan fingerprint density at radius 3 is 2.64 bits per heavy atom. The number of hydrogen-bond acceptors (Lipinski definition) is 5. The van der Waals surface area contributed by atoms with Crippen molar-refractivity contribution >= 4 is 12.2 Å². The van der Waals surface area contributed by atoms with Crippen molar-refractivity contribution in [3.63, 3.8) is 0 Å². The minimum Gasteiger partial charge on any atom is -0.399 e. The van der Waals surface area contributed by atoms with Gasteiger partial charge in [-0.1, -0.05) is 24.3 Å². The third kappa shape index (κ3) is 6.71. The quantitative estimate of drug-likeness (QED) is 0.224. The van der Waals surface area contributed by atoms with Crippen LogP contribution >= 0.6 is 0 Å². The van der Waals surface area contributed by atoms with Crippen LogP contribution in [0.3, 0.4) is 0 Å². The fraction of sp³-hybridized carbons (Fsp3) is 0.286. The monoisotopic (exact) mass is 308 g/mol. The smallest absolute Gasteiger partial charge is 0.153 e. The average Bonchev–Trinajstić information content (AvgIpc) is 2.53. The second kappa shape index (κ2) is 10.2. The lowest BCUT2D eigenvalue weighted by Gasteiger charge is -2.06. The number of amidine groups is 1. The lowest BCUT2D eigenvalue weighted by molar-refractivity contribution is 0.141. The third-order valence-corrected chi connectivity index (χ3v) is 2.55. The number of nitrogens with zero attached hydrogens (tertiary/aromatic N) is 2. The van der Waals surface area contributed by atoms with Crippen molar-refractivity contribution in [3.05, 3.63) is 47.3 Å². The fourth-order valence-electron chi connectivity index (χ4n) is 1.51. The van der Waals surface area contributed by atoms with Crippen LogP contribution in [0, 0.1) is 0 Å². The van der Waals surface area contributed by atoms with Crippen LogP contribution in [0.2, 0.25) is 0 Å². The number of halogens is 1. The molecule has 1 rings (SSSR count). The van der Waals surface area contributed by atoms with Crippen molar-refractivity contribution in [1.82, 2.24) is 5.32 Å². The van der Waals surface area contributed by atoms with E-state index >= 15 is 0 Å². The largest absolute Gasteiger partial charge is 0.399 e. The molecule has 7 N–H and O–H groups in total. The molecular formula is C14H21FN6O. The standard InChI is InChI=1S/C14H21FN6O/c15-5-6-19-7-13(17)9-22-8-11-1-3-12(4-2-11)14(18)21-20-10-16/h1-4,7,10,19H,5-6,8-9,17H2,(H2,16,20)(H2,18,21)/b13-7-. The molecule has 1 aromatic carbocycles. The SMILES string of the molecule is N/C=N\N=C(/N)c1ccc(COC/C(N)=C/NCCF)cc1. The Labute approximate surface area is 128 Å². The molecule has 0 aliphatic heterocycles. The highest BCUT2D eigenvalue weighted by atomic mass is 19.1. The van der Waals surface area contributed by atoms with E-state index in [2.05, 4.69) is 15.5 Å². The maximum absolute atomic E-state index is 11.9. The first-order chi connectivity index (χ1) is 10.7. The first-order valence-electron chi connectivity index (χ1n) is 6.65. The molecule has 0 bridgehead atoms. The van der Waals surface area contributed by atoms with Gasteiger partial charge in [0.15, 0.2) is 5.84 Å². The average molecular weight is 308 g/mol. The molecule has 0 spiro atoms. The molecule has 7 nitrogen and oxygen atoms in total. The highest BCUT2D eigenvalue weighted by molar-refractivity contribution is 5.97. The first kappa shape index (κ1) is 17.4. The van der Waals surface area contributed by atoms with Crippen LogP contribution in [0.4, 0.5) is 4.39 Å². The van der Waals surface area contributed by atoms with Crippen LogP contribution < -0.4 is 22.5 Å². The van der Waals surface area contributed by atoms with Crippen LogP contribution in [-0.2, 0) is 11.3 Å². The van der Waals surface area contributed by atoms with E-state index in [0.29, 0.717) is 12.3 Å². The summed E-state index contributed by atoms with van der Waals surface area (Å²) in [5.41, 5.74) is 18.7. The summed E-state index contributed by atoms with van der Waals surface area (Å²) in [5.74, 6) is 0.278. The zero-order valence-corrected chi connectivity index (χ0v) is 12.2. The van der Waals surface area contributed by atoms with Crippen molar-refractivity contribution in [2.75, 3.05) is 19.8 Å². The summed E-state index contributed by atoms with van der Waals surface area (Å²) in [6.07, 6.45) is 2.60. The lowest BCUT2D eigenvalue weighted by atomic mass is 10.1. The summed E-state index contributed by atoms with van der Waals surface area (Å²) >= 11 is 0. The Balaban J connectivity index is 2.43. The van der Waals surface area contributed by atoms with Gasteiger partial charge in [-0.05, 0) is 5.56 Å². The number of benzene rings is 1. The van der Waals surface area contributed by atoms with Gasteiger partial charge in [-0.3, -0.25) is 0 Å². The summed E-state index contributed by atoms with van der Waals surface area (Å²) in [4.78, 5) is 0. The molecule has 0 amide bonds. The van der Waals surface area contributed by atoms with E-state index in [0.717, 1.165) is 17.5 Å². The number of hydrogen-bond donors (Lipinski definition) is 4. The number of ether oxygens (including phenoxy) is 1. The second-order valence-corrected chi connectivity index (χ2v) is 4.30. The molecule has 0 saturated heterocycles. The molecule has 120 valence electrons. The molecule has 0 radical (unpaired) electrons. The van der Waals surface area contributed by atoms with Crippen molar-refractivity contribution in [1.29, 1.82) is 0 Å². The van der Waals surface area contributed by atoms with Gasteiger partial charge >= 0.3 is 0 Å². The van der Waals surface area contributed by atoms with Gasteiger partial charge in [-0.15, -0.1) is 10.2 Å². The third-order valence-electron chi connectivity index (χ3n) is 2.55. The topological polar surface area (TPSA) is 124 Å². The van der Waals surface area contributed by atoms with Crippen molar-refractivity contribution in [2.24, 2.45) is 27.4 Å². The highest BCUT2D eigenvalue weighted by Gasteiger charge is 1.99. The fourth-order valence-corrected chi connectivity index (χ4v) is 1.51. The zero-order valence-electron chi connectivity index (χ0n) is 12.2. The maximum atomic E-state index is 11.9. The molecule has 0 aliphatic rings. The van der Waals surface area contributed by atoms with Crippen LogP contribution in [-0.4, -0.2) is 32.0 Å². The number of rotatable bonds is 9. The zero-order chi connectivity index (χ0) is 16.2. The Kier molecular flexibility index (Phi) is 8.06. The summed E-state index contributed by atoms with van der Waals surface area (Å²) in [6, 6.07) is 7.35. The van der Waals surface area contributed by atoms with Crippen molar-refractivity contribution < 1.29 is 9.13 Å². The van der Waals surface area contributed by atoms with E-state index < -0.39 is 6.67 Å². The molecular weight excluding hydrogens is 287 g/mol. The van der Waals surface area contributed by atoms with E-state index in [-0.39, 0.29) is 19.0 Å². The number of nitrogens with one attached hydrogen (secondary N) is 1. The predicted molar refractivity (Wildman–Crippen MR) is 85.7 cm³/mol. The highest BCUT2D eigenvalue weighted by Crippen LogP contribution is 2.06. The van der Waals surface area contributed by atoms with Gasteiger partial charge in [0, 0.05) is 18.3 Å². The number of alkyl halides is 1. The Bertz CT molecular complexity index is 527. The molecule has 0 aliphatic carbocycles. The van der Waals surface area contributed by atoms with Gasteiger partial charge in [0.05, 0.1) is 18.9 Å². The Morgan fingerprint density at radius 2 is 2.00 bits per heavy atom. The van der Waals surface area contributed by atoms with Gasteiger partial charge in [0.25, 0.3) is 0 Å². The normalized spacial score (nSPS) is 12.8. The lowest BCUT2D eigenvalue weighted by Crippen LogP contribution is -2.15. The summed E-state index contributed by atoms with van der Waals surface area (Å²) < 4.78 is 17.3. The molecule has 0 heterocycles. The van der Waals surface area contributed by atoms with E-state index in [1.807, 2.05) is 24.3 Å². The summed E-state index contributed by atoms with van der Waals surface area (Å²) in [6.45, 7) is 0.450. The first-order valence-corrected chi connectivity index (χ1v) is 6.65. The van der Waals surface area contributed by atoms with Gasteiger partial charge in [0.1, 0.15) is 13.0 Å². The Hall–Kier alpha value is -2.61. The minimum atomic E-state index is -0.444. The summed E-state index contributed by atoms with van der Waals surface area (Å²) in [5, 5.41) is 9.96. The maximum Gasteiger partial charge on any atom is 0.153 e. The summed E-state index contributed by atoms with van der Waals surface area (Å²) in [7, 11) is 0. The Morgan fingerprint density at radius 1 is 1.27 bits per heavy atom. The van der Waals surface area contributed by atoms with E-state index in [1.54, 1.807) is 0 Å².